The van der Waals surface area contributed by atoms with Gasteiger partial charge in [-0.05, 0) is 36.6 Å². The first-order chi connectivity index (χ1) is 15.7. The number of hydrogen-bond acceptors (Lipinski definition) is 6. The fourth-order valence-corrected chi connectivity index (χ4v) is 5.65. The second kappa shape index (κ2) is 9.24. The van der Waals surface area contributed by atoms with Crippen molar-refractivity contribution < 1.29 is 17.6 Å². The lowest BCUT2D eigenvalue weighted by atomic mass is 10.0. The number of amides is 1. The highest BCUT2D eigenvalue weighted by Crippen LogP contribution is 2.34. The number of nitrogens with zero attached hydrogens (tertiary/aromatic N) is 3. The summed E-state index contributed by atoms with van der Waals surface area (Å²) in [7, 11) is -3.92. The lowest BCUT2D eigenvalue weighted by Crippen LogP contribution is -2.46. The van der Waals surface area contributed by atoms with Crippen molar-refractivity contribution in [3.8, 4) is 22.4 Å². The third-order valence-electron chi connectivity index (χ3n) is 5.56. The lowest BCUT2D eigenvalue weighted by molar-refractivity contribution is -0.119. The second-order valence-electron chi connectivity index (χ2n) is 7.93. The van der Waals surface area contributed by atoms with Crippen LogP contribution in [-0.4, -0.2) is 47.7 Å². The van der Waals surface area contributed by atoms with E-state index in [1.54, 1.807) is 24.3 Å². The summed E-state index contributed by atoms with van der Waals surface area (Å²) in [6.07, 6.45) is 3.90. The Bertz CT molecular complexity index is 1270. The molecule has 1 aromatic heterocycles. The predicted molar refractivity (Wildman–Crippen MR) is 123 cm³/mol. The van der Waals surface area contributed by atoms with Crippen LogP contribution < -0.4 is 11.1 Å². The van der Waals surface area contributed by atoms with Crippen LogP contribution in [0.4, 0.5) is 10.2 Å². The summed E-state index contributed by atoms with van der Waals surface area (Å²) in [5, 5.41) is 2.84. The number of aromatic nitrogens is 2. The molecule has 0 radical (unpaired) electrons. The van der Waals surface area contributed by atoms with Crippen molar-refractivity contribution in [1.29, 1.82) is 0 Å². The van der Waals surface area contributed by atoms with Gasteiger partial charge in [-0.1, -0.05) is 24.3 Å². The van der Waals surface area contributed by atoms with E-state index in [1.807, 2.05) is 0 Å². The first-order valence-electron chi connectivity index (χ1n) is 10.5. The van der Waals surface area contributed by atoms with Gasteiger partial charge in [-0.25, -0.2) is 17.8 Å². The molecule has 0 bridgehead atoms. The first-order valence-corrected chi connectivity index (χ1v) is 11.9. The summed E-state index contributed by atoms with van der Waals surface area (Å²) in [4.78, 5) is 19.7. The average molecular weight is 470 g/mol. The van der Waals surface area contributed by atoms with Gasteiger partial charge in [-0.3, -0.25) is 9.78 Å². The molecule has 0 atom stereocenters. The number of carbonyl (C=O) groups is 1. The van der Waals surface area contributed by atoms with Gasteiger partial charge in [-0.2, -0.15) is 4.31 Å². The van der Waals surface area contributed by atoms with Gasteiger partial charge < -0.3 is 11.1 Å². The summed E-state index contributed by atoms with van der Waals surface area (Å²) in [6.45, 7) is 1.98. The SMILES string of the molecule is CC(=O)NC1CCN(S(=O)(=O)c2cc(-c3cnc(N)cn3)ccc2-c2cccc(F)c2)CC1. The Morgan fingerprint density at radius 2 is 1.85 bits per heavy atom. The number of carbonyl (C=O) groups excluding carboxylic acids is 1. The predicted octanol–water partition coefficient (Wildman–Crippen LogP) is 2.82. The Morgan fingerprint density at radius 1 is 1.09 bits per heavy atom. The van der Waals surface area contributed by atoms with E-state index >= 15 is 0 Å². The molecule has 1 aliphatic rings. The first kappa shape index (κ1) is 22.8. The summed E-state index contributed by atoms with van der Waals surface area (Å²) >= 11 is 0. The van der Waals surface area contributed by atoms with Crippen LogP contribution in [-0.2, 0) is 14.8 Å². The molecule has 0 aliphatic carbocycles. The highest BCUT2D eigenvalue weighted by atomic mass is 32.2. The normalized spacial score (nSPS) is 15.3. The van der Waals surface area contributed by atoms with Crippen LogP contribution in [0.1, 0.15) is 19.8 Å². The van der Waals surface area contributed by atoms with E-state index in [0.717, 1.165) is 0 Å². The number of nitrogens with two attached hydrogens (primary N) is 1. The van der Waals surface area contributed by atoms with Gasteiger partial charge >= 0.3 is 0 Å². The van der Waals surface area contributed by atoms with Crippen molar-refractivity contribution >= 4 is 21.7 Å². The maximum Gasteiger partial charge on any atom is 0.243 e. The summed E-state index contributed by atoms with van der Waals surface area (Å²) in [5.74, 6) is -0.340. The zero-order chi connectivity index (χ0) is 23.6. The Morgan fingerprint density at radius 3 is 2.48 bits per heavy atom. The van der Waals surface area contributed by atoms with Gasteiger partial charge in [0.2, 0.25) is 15.9 Å². The van der Waals surface area contributed by atoms with Crippen LogP contribution in [0.25, 0.3) is 22.4 Å². The molecule has 1 saturated heterocycles. The number of sulfonamides is 1. The highest BCUT2D eigenvalue weighted by Gasteiger charge is 2.32. The number of piperidine rings is 1. The third kappa shape index (κ3) is 5.01. The highest BCUT2D eigenvalue weighted by molar-refractivity contribution is 7.89. The van der Waals surface area contributed by atoms with Crippen LogP contribution in [0.3, 0.4) is 0 Å². The minimum atomic E-state index is -3.92. The molecule has 3 N–H and O–H groups in total. The molecule has 4 rings (SSSR count). The number of anilines is 1. The fraction of sp³-hybridized carbons (Fsp3) is 0.261. The fourth-order valence-electron chi connectivity index (χ4n) is 3.94. The third-order valence-corrected chi connectivity index (χ3v) is 7.50. The zero-order valence-corrected chi connectivity index (χ0v) is 18.8. The van der Waals surface area contributed by atoms with E-state index in [2.05, 4.69) is 15.3 Å². The van der Waals surface area contributed by atoms with Crippen LogP contribution >= 0.6 is 0 Å². The van der Waals surface area contributed by atoms with E-state index in [4.69, 9.17) is 5.73 Å². The van der Waals surface area contributed by atoms with Crippen molar-refractivity contribution in [2.75, 3.05) is 18.8 Å². The standard InChI is InChI=1S/C23H24FN5O3S/c1-15(30)28-19-7-9-29(10-8-19)33(31,32)22-12-17(21-13-27-23(25)14-26-21)5-6-20(22)16-3-2-4-18(24)11-16/h2-6,11-14,19H,7-10H2,1H3,(H2,25,27)(H,28,30). The molecular weight excluding hydrogens is 445 g/mol. The number of halogens is 1. The van der Waals surface area contributed by atoms with Gasteiger partial charge in [0.25, 0.3) is 0 Å². The molecule has 0 saturated carbocycles. The Kier molecular flexibility index (Phi) is 6.39. The van der Waals surface area contributed by atoms with E-state index in [1.165, 1.54) is 41.8 Å². The van der Waals surface area contributed by atoms with Crippen LogP contribution in [0.2, 0.25) is 0 Å². The van der Waals surface area contributed by atoms with E-state index in [-0.39, 0.29) is 35.8 Å². The summed E-state index contributed by atoms with van der Waals surface area (Å²) < 4.78 is 42.8. The molecule has 8 nitrogen and oxygen atoms in total. The van der Waals surface area contributed by atoms with E-state index in [9.17, 15) is 17.6 Å². The Hall–Kier alpha value is -3.37. The zero-order valence-electron chi connectivity index (χ0n) is 18.0. The maximum atomic E-state index is 13.9. The number of rotatable bonds is 5. The Balaban J connectivity index is 1.76. The minimum Gasteiger partial charge on any atom is -0.382 e. The van der Waals surface area contributed by atoms with Crippen LogP contribution in [0.15, 0.2) is 59.8 Å². The number of nitrogens with one attached hydrogen (secondary N) is 1. The largest absolute Gasteiger partial charge is 0.382 e. The molecule has 2 heterocycles. The molecule has 1 amide bonds. The molecule has 3 aromatic rings. The van der Waals surface area contributed by atoms with Crippen molar-refractivity contribution in [3.05, 3.63) is 60.7 Å². The molecule has 0 unspecified atom stereocenters. The number of hydrogen-bond donors (Lipinski definition) is 2. The molecule has 1 aliphatic heterocycles. The van der Waals surface area contributed by atoms with Gasteiger partial charge in [0, 0.05) is 37.2 Å². The summed E-state index contributed by atoms with van der Waals surface area (Å²) in [5.41, 5.74) is 7.49. The number of nitrogen functional groups attached to an aromatic ring is 1. The topological polar surface area (TPSA) is 118 Å². The molecule has 1 fully saturated rings. The molecule has 33 heavy (non-hydrogen) atoms. The van der Waals surface area contributed by atoms with E-state index in [0.29, 0.717) is 35.2 Å². The maximum absolute atomic E-state index is 13.9. The van der Waals surface area contributed by atoms with Gasteiger partial charge in [0.1, 0.15) is 11.6 Å². The van der Waals surface area contributed by atoms with Gasteiger partial charge in [-0.15, -0.1) is 0 Å². The molecule has 0 spiro atoms. The van der Waals surface area contributed by atoms with Crippen molar-refractivity contribution in [2.24, 2.45) is 0 Å². The molecular formula is C23H24FN5O3S. The number of benzene rings is 2. The van der Waals surface area contributed by atoms with Crippen molar-refractivity contribution in [1.82, 2.24) is 19.6 Å². The smallest absolute Gasteiger partial charge is 0.243 e. The molecule has 10 heteroatoms. The lowest BCUT2D eigenvalue weighted by Gasteiger charge is -2.32. The molecule has 172 valence electrons. The van der Waals surface area contributed by atoms with Gasteiger partial charge in [0.15, 0.2) is 0 Å². The summed E-state index contributed by atoms with van der Waals surface area (Å²) in [6, 6.07) is 10.7. The monoisotopic (exact) mass is 469 g/mol. The average Bonchev–Trinajstić information content (AvgIpc) is 2.79. The van der Waals surface area contributed by atoms with Crippen molar-refractivity contribution in [2.45, 2.75) is 30.7 Å². The van der Waals surface area contributed by atoms with Crippen LogP contribution in [0.5, 0.6) is 0 Å². The minimum absolute atomic E-state index is 0.0576. The van der Waals surface area contributed by atoms with E-state index < -0.39 is 15.8 Å². The quantitative estimate of drug-likeness (QED) is 0.593. The van der Waals surface area contributed by atoms with Crippen molar-refractivity contribution in [3.63, 3.8) is 0 Å². The van der Waals surface area contributed by atoms with Gasteiger partial charge in [0.05, 0.1) is 23.0 Å². The second-order valence-corrected chi connectivity index (χ2v) is 9.83. The Labute approximate surface area is 191 Å². The molecule has 2 aromatic carbocycles. The van der Waals surface area contributed by atoms with Crippen LogP contribution in [0, 0.1) is 5.82 Å².